The topological polar surface area (TPSA) is 58.6 Å². The highest BCUT2D eigenvalue weighted by molar-refractivity contribution is 5.78. The van der Waals surface area contributed by atoms with Crippen LogP contribution < -0.4 is 10.1 Å². The van der Waals surface area contributed by atoms with Gasteiger partial charge in [0.15, 0.2) is 0 Å². The predicted octanol–water partition coefficient (Wildman–Crippen LogP) is 2.26. The van der Waals surface area contributed by atoms with Crippen LogP contribution in [-0.2, 0) is 17.8 Å². The van der Waals surface area contributed by atoms with E-state index >= 15 is 0 Å². The summed E-state index contributed by atoms with van der Waals surface area (Å²) in [4.78, 5) is 11.8. The van der Waals surface area contributed by atoms with Gasteiger partial charge in [-0.1, -0.05) is 24.3 Å². The van der Waals surface area contributed by atoms with Gasteiger partial charge in [-0.05, 0) is 35.4 Å². The lowest BCUT2D eigenvalue weighted by Gasteiger charge is -2.07. The van der Waals surface area contributed by atoms with Gasteiger partial charge in [0.25, 0.3) is 0 Å². The van der Waals surface area contributed by atoms with Crippen LogP contribution in [0.3, 0.4) is 0 Å². The van der Waals surface area contributed by atoms with Crippen molar-refractivity contribution in [3.8, 4) is 11.5 Å². The molecule has 2 rings (SSSR count). The van der Waals surface area contributed by atoms with Crippen LogP contribution in [0.25, 0.3) is 0 Å². The Kier molecular flexibility index (Phi) is 4.60. The van der Waals surface area contributed by atoms with Crippen molar-refractivity contribution >= 4 is 5.91 Å². The van der Waals surface area contributed by atoms with Gasteiger partial charge in [0.05, 0.1) is 13.5 Å². The molecule has 0 heterocycles. The maximum atomic E-state index is 11.8. The fraction of sp³-hybridized carbons (Fsp3) is 0.188. The summed E-state index contributed by atoms with van der Waals surface area (Å²) >= 11 is 0. The number of hydrogen-bond donors (Lipinski definition) is 2. The van der Waals surface area contributed by atoms with Crippen LogP contribution in [0.15, 0.2) is 48.5 Å². The molecule has 0 aliphatic rings. The van der Waals surface area contributed by atoms with Crippen molar-refractivity contribution in [1.82, 2.24) is 5.32 Å². The second-order valence-electron chi connectivity index (χ2n) is 4.47. The zero-order chi connectivity index (χ0) is 14.4. The average Bonchev–Trinajstić information content (AvgIpc) is 2.48. The fourth-order valence-corrected chi connectivity index (χ4v) is 1.84. The van der Waals surface area contributed by atoms with E-state index in [0.717, 1.165) is 16.9 Å². The van der Waals surface area contributed by atoms with E-state index in [9.17, 15) is 9.90 Å². The highest BCUT2D eigenvalue weighted by Crippen LogP contribution is 2.12. The van der Waals surface area contributed by atoms with Crippen LogP contribution in [0.2, 0.25) is 0 Å². The first-order valence-corrected chi connectivity index (χ1v) is 6.35. The molecule has 1 amide bonds. The molecule has 20 heavy (non-hydrogen) atoms. The van der Waals surface area contributed by atoms with Crippen molar-refractivity contribution in [3.63, 3.8) is 0 Å². The molecule has 0 saturated carbocycles. The fourth-order valence-electron chi connectivity index (χ4n) is 1.84. The van der Waals surface area contributed by atoms with Gasteiger partial charge in [0, 0.05) is 6.54 Å². The van der Waals surface area contributed by atoms with Gasteiger partial charge in [0.1, 0.15) is 11.5 Å². The van der Waals surface area contributed by atoms with Crippen LogP contribution in [0, 0.1) is 0 Å². The number of phenols is 1. The van der Waals surface area contributed by atoms with Crippen molar-refractivity contribution in [2.75, 3.05) is 7.11 Å². The van der Waals surface area contributed by atoms with E-state index in [4.69, 9.17) is 4.74 Å². The van der Waals surface area contributed by atoms with Crippen molar-refractivity contribution in [2.24, 2.45) is 0 Å². The Hall–Kier alpha value is -2.49. The Labute approximate surface area is 118 Å². The molecule has 0 spiro atoms. The van der Waals surface area contributed by atoms with E-state index in [2.05, 4.69) is 5.32 Å². The highest BCUT2D eigenvalue weighted by Gasteiger charge is 2.04. The average molecular weight is 271 g/mol. The second-order valence-corrected chi connectivity index (χ2v) is 4.47. The quantitative estimate of drug-likeness (QED) is 0.877. The number of phenolic OH excluding ortho intramolecular Hbond substituents is 1. The lowest BCUT2D eigenvalue weighted by Crippen LogP contribution is -2.24. The van der Waals surface area contributed by atoms with Gasteiger partial charge in [0.2, 0.25) is 5.91 Å². The number of carbonyl (C=O) groups excluding carboxylic acids is 1. The molecule has 2 aromatic rings. The number of ether oxygens (including phenoxy) is 1. The molecule has 0 radical (unpaired) electrons. The molecule has 0 aliphatic carbocycles. The number of rotatable bonds is 5. The zero-order valence-corrected chi connectivity index (χ0v) is 11.3. The lowest BCUT2D eigenvalue weighted by atomic mass is 10.1. The van der Waals surface area contributed by atoms with Crippen LogP contribution in [0.5, 0.6) is 11.5 Å². The molecule has 2 N–H and O–H groups in total. The van der Waals surface area contributed by atoms with Crippen molar-refractivity contribution in [3.05, 3.63) is 59.7 Å². The highest BCUT2D eigenvalue weighted by atomic mass is 16.5. The van der Waals surface area contributed by atoms with Gasteiger partial charge in [-0.2, -0.15) is 0 Å². The van der Waals surface area contributed by atoms with Gasteiger partial charge in [-0.3, -0.25) is 4.79 Å². The SMILES string of the molecule is COc1cccc(CNC(=O)Cc2ccc(O)cc2)c1. The summed E-state index contributed by atoms with van der Waals surface area (Å²) < 4.78 is 5.13. The minimum absolute atomic E-state index is 0.0569. The molecule has 0 aliphatic heterocycles. The standard InChI is InChI=1S/C16H17NO3/c1-20-15-4-2-3-13(9-15)11-17-16(19)10-12-5-7-14(18)8-6-12/h2-9,18H,10-11H2,1H3,(H,17,19). The summed E-state index contributed by atoms with van der Waals surface area (Å²) in [6.45, 7) is 0.466. The van der Waals surface area contributed by atoms with E-state index < -0.39 is 0 Å². The lowest BCUT2D eigenvalue weighted by molar-refractivity contribution is -0.120. The van der Waals surface area contributed by atoms with Crippen LogP contribution in [0.1, 0.15) is 11.1 Å². The smallest absolute Gasteiger partial charge is 0.224 e. The Bertz CT molecular complexity index is 579. The van der Waals surface area contributed by atoms with E-state index in [1.165, 1.54) is 0 Å². The first-order chi connectivity index (χ1) is 9.67. The summed E-state index contributed by atoms with van der Waals surface area (Å²) in [5, 5.41) is 12.0. The number of amides is 1. The summed E-state index contributed by atoms with van der Waals surface area (Å²) in [6, 6.07) is 14.2. The monoisotopic (exact) mass is 271 g/mol. The third-order valence-corrected chi connectivity index (χ3v) is 2.92. The molecule has 0 saturated heterocycles. The minimum Gasteiger partial charge on any atom is -0.508 e. The molecule has 2 aromatic carbocycles. The van der Waals surface area contributed by atoms with Crippen LogP contribution in [-0.4, -0.2) is 18.1 Å². The number of methoxy groups -OCH3 is 1. The molecule has 0 atom stereocenters. The largest absolute Gasteiger partial charge is 0.508 e. The maximum Gasteiger partial charge on any atom is 0.224 e. The van der Waals surface area contributed by atoms with Crippen LogP contribution >= 0.6 is 0 Å². The first-order valence-electron chi connectivity index (χ1n) is 6.35. The molecule has 0 fully saturated rings. The first kappa shape index (κ1) is 13.9. The van der Waals surface area contributed by atoms with E-state index in [1.54, 1.807) is 31.4 Å². The summed E-state index contributed by atoms with van der Waals surface area (Å²) in [5.74, 6) is 0.916. The number of aromatic hydroxyl groups is 1. The molecule has 4 heteroatoms. The molecular formula is C16H17NO3. The zero-order valence-electron chi connectivity index (χ0n) is 11.3. The van der Waals surface area contributed by atoms with E-state index in [1.807, 2.05) is 24.3 Å². The van der Waals surface area contributed by atoms with Gasteiger partial charge in [-0.15, -0.1) is 0 Å². The summed E-state index contributed by atoms with van der Waals surface area (Å²) in [5.41, 5.74) is 1.86. The molecule has 0 unspecified atom stereocenters. The minimum atomic E-state index is -0.0569. The molecule has 104 valence electrons. The van der Waals surface area contributed by atoms with E-state index in [-0.39, 0.29) is 11.7 Å². The number of hydrogen-bond acceptors (Lipinski definition) is 3. The number of benzene rings is 2. The summed E-state index contributed by atoms with van der Waals surface area (Å²) in [7, 11) is 1.61. The van der Waals surface area contributed by atoms with Crippen molar-refractivity contribution in [1.29, 1.82) is 0 Å². The molecular weight excluding hydrogens is 254 g/mol. The van der Waals surface area contributed by atoms with Gasteiger partial charge < -0.3 is 15.2 Å². The third-order valence-electron chi connectivity index (χ3n) is 2.92. The van der Waals surface area contributed by atoms with Gasteiger partial charge in [-0.25, -0.2) is 0 Å². The summed E-state index contributed by atoms with van der Waals surface area (Å²) in [6.07, 6.45) is 0.296. The normalized spacial score (nSPS) is 10.1. The Morgan fingerprint density at radius 3 is 2.60 bits per heavy atom. The van der Waals surface area contributed by atoms with Crippen molar-refractivity contribution in [2.45, 2.75) is 13.0 Å². The predicted molar refractivity (Wildman–Crippen MR) is 76.7 cm³/mol. The van der Waals surface area contributed by atoms with Crippen molar-refractivity contribution < 1.29 is 14.6 Å². The number of nitrogens with one attached hydrogen (secondary N) is 1. The third kappa shape index (κ3) is 4.02. The van der Waals surface area contributed by atoms with Gasteiger partial charge >= 0.3 is 0 Å². The Balaban J connectivity index is 1.87. The van der Waals surface area contributed by atoms with Crippen LogP contribution in [0.4, 0.5) is 0 Å². The molecule has 4 nitrogen and oxygen atoms in total. The second kappa shape index (κ2) is 6.61. The molecule has 0 aromatic heterocycles. The maximum absolute atomic E-state index is 11.8. The Morgan fingerprint density at radius 2 is 1.90 bits per heavy atom. The Morgan fingerprint density at radius 1 is 1.15 bits per heavy atom. The number of carbonyl (C=O) groups is 1. The van der Waals surface area contributed by atoms with E-state index in [0.29, 0.717) is 13.0 Å². The molecule has 0 bridgehead atoms.